The molecule has 0 radical (unpaired) electrons. The van der Waals surface area contributed by atoms with Gasteiger partial charge in [-0.1, -0.05) is 19.9 Å². The molecule has 22 heavy (non-hydrogen) atoms. The molecule has 2 atom stereocenters. The van der Waals surface area contributed by atoms with Crippen molar-refractivity contribution in [3.63, 3.8) is 0 Å². The number of nitrogens with zero attached hydrogens (tertiary/aromatic N) is 3. The summed E-state index contributed by atoms with van der Waals surface area (Å²) < 4.78 is 1.46. The Balaban J connectivity index is 2.22. The van der Waals surface area contributed by atoms with Crippen LogP contribution in [0.5, 0.6) is 0 Å². The molecule has 2 aromatic rings. The molecule has 1 aliphatic rings. The fourth-order valence-electron chi connectivity index (χ4n) is 3.48. The Labute approximate surface area is 129 Å². The van der Waals surface area contributed by atoms with Crippen molar-refractivity contribution in [3.05, 3.63) is 39.8 Å². The Morgan fingerprint density at radius 2 is 1.95 bits per heavy atom. The highest BCUT2D eigenvalue weighted by atomic mass is 16.1. The van der Waals surface area contributed by atoms with Crippen LogP contribution in [-0.2, 0) is 0 Å². The first kappa shape index (κ1) is 14.8. The maximum Gasteiger partial charge on any atom is 0.270 e. The number of aldehydes is 1. The zero-order valence-corrected chi connectivity index (χ0v) is 13.2. The maximum atomic E-state index is 12.6. The van der Waals surface area contributed by atoms with Crippen LogP contribution in [-0.4, -0.2) is 28.8 Å². The Kier molecular flexibility index (Phi) is 3.72. The van der Waals surface area contributed by atoms with E-state index in [-0.39, 0.29) is 11.1 Å². The van der Waals surface area contributed by atoms with Crippen LogP contribution in [0.15, 0.2) is 23.1 Å². The van der Waals surface area contributed by atoms with Crippen molar-refractivity contribution in [1.29, 1.82) is 0 Å². The van der Waals surface area contributed by atoms with Gasteiger partial charge in [0.1, 0.15) is 17.0 Å². The van der Waals surface area contributed by atoms with Gasteiger partial charge in [-0.2, -0.15) is 0 Å². The van der Waals surface area contributed by atoms with E-state index in [1.54, 1.807) is 12.3 Å². The first-order valence-corrected chi connectivity index (χ1v) is 7.73. The van der Waals surface area contributed by atoms with Gasteiger partial charge in [0.2, 0.25) is 0 Å². The number of fused-ring (bicyclic) bond motifs is 1. The smallest absolute Gasteiger partial charge is 0.270 e. The molecule has 3 heterocycles. The molecule has 0 aliphatic carbocycles. The van der Waals surface area contributed by atoms with Crippen LogP contribution in [0.25, 0.3) is 5.65 Å². The van der Waals surface area contributed by atoms with Crippen molar-refractivity contribution in [3.8, 4) is 0 Å². The molecule has 0 amide bonds. The molecule has 0 bridgehead atoms. The minimum Gasteiger partial charge on any atom is -0.355 e. The predicted molar refractivity (Wildman–Crippen MR) is 86.7 cm³/mol. The number of carbonyl (C=O) groups excluding carboxylic acids is 1. The number of aryl methyl sites for hydroxylation is 1. The van der Waals surface area contributed by atoms with Gasteiger partial charge >= 0.3 is 0 Å². The number of pyridine rings is 1. The molecule has 116 valence electrons. The van der Waals surface area contributed by atoms with E-state index < -0.39 is 0 Å². The Morgan fingerprint density at radius 1 is 1.27 bits per heavy atom. The van der Waals surface area contributed by atoms with Gasteiger partial charge in [0.05, 0.1) is 0 Å². The van der Waals surface area contributed by atoms with Gasteiger partial charge in [-0.25, -0.2) is 4.98 Å². The molecule has 1 aliphatic heterocycles. The van der Waals surface area contributed by atoms with Crippen LogP contribution in [0.2, 0.25) is 0 Å². The largest absolute Gasteiger partial charge is 0.355 e. The lowest BCUT2D eigenvalue weighted by Gasteiger charge is -2.36. The second-order valence-corrected chi connectivity index (χ2v) is 6.51. The highest BCUT2D eigenvalue weighted by Gasteiger charge is 2.26. The fraction of sp³-hybridized carbons (Fsp3) is 0.471. The van der Waals surface area contributed by atoms with Crippen molar-refractivity contribution in [1.82, 2.24) is 9.38 Å². The van der Waals surface area contributed by atoms with Gasteiger partial charge in [0.25, 0.3) is 5.56 Å². The van der Waals surface area contributed by atoms with Crippen LogP contribution < -0.4 is 10.5 Å². The Bertz CT molecular complexity index is 771. The summed E-state index contributed by atoms with van der Waals surface area (Å²) in [6.07, 6.45) is 3.47. The second kappa shape index (κ2) is 5.55. The first-order chi connectivity index (χ1) is 10.5. The SMILES string of the molecule is Cc1cccn2c(=O)c(C=O)c(N3CC(C)CC(C)C3)nc12. The van der Waals surface area contributed by atoms with Crippen LogP contribution >= 0.6 is 0 Å². The molecule has 3 rings (SSSR count). The van der Waals surface area contributed by atoms with E-state index in [1.165, 1.54) is 10.8 Å². The zero-order chi connectivity index (χ0) is 15.9. The number of anilines is 1. The van der Waals surface area contributed by atoms with Gasteiger partial charge < -0.3 is 4.90 Å². The molecule has 0 aromatic carbocycles. The summed E-state index contributed by atoms with van der Waals surface area (Å²) in [5.74, 6) is 1.59. The average Bonchev–Trinajstić information content (AvgIpc) is 2.47. The molecular weight excluding hydrogens is 278 g/mol. The van der Waals surface area contributed by atoms with Gasteiger partial charge in [0, 0.05) is 19.3 Å². The lowest BCUT2D eigenvalue weighted by Crippen LogP contribution is -2.41. The van der Waals surface area contributed by atoms with Gasteiger partial charge in [0.15, 0.2) is 6.29 Å². The topological polar surface area (TPSA) is 54.7 Å². The molecule has 5 nitrogen and oxygen atoms in total. The normalized spacial score (nSPS) is 22.0. The van der Waals surface area contributed by atoms with E-state index in [4.69, 9.17) is 0 Å². The summed E-state index contributed by atoms with van der Waals surface area (Å²) in [5.41, 5.74) is 1.42. The lowest BCUT2D eigenvalue weighted by atomic mass is 9.92. The second-order valence-electron chi connectivity index (χ2n) is 6.51. The number of aromatic nitrogens is 2. The summed E-state index contributed by atoms with van der Waals surface area (Å²) >= 11 is 0. The molecule has 5 heteroatoms. The summed E-state index contributed by atoms with van der Waals surface area (Å²) in [5, 5.41) is 0. The Morgan fingerprint density at radius 3 is 2.59 bits per heavy atom. The predicted octanol–water partition coefficient (Wildman–Crippen LogP) is 2.30. The number of piperidine rings is 1. The minimum atomic E-state index is -0.287. The number of rotatable bonds is 2. The number of hydrogen-bond donors (Lipinski definition) is 0. The van der Waals surface area contributed by atoms with E-state index in [9.17, 15) is 9.59 Å². The van der Waals surface area contributed by atoms with Crippen molar-refractivity contribution in [2.45, 2.75) is 27.2 Å². The van der Waals surface area contributed by atoms with Crippen molar-refractivity contribution in [2.75, 3.05) is 18.0 Å². The molecule has 0 N–H and O–H groups in total. The van der Waals surface area contributed by atoms with Crippen molar-refractivity contribution < 1.29 is 4.79 Å². The van der Waals surface area contributed by atoms with Gasteiger partial charge in [-0.05, 0) is 36.8 Å². The highest BCUT2D eigenvalue weighted by Crippen LogP contribution is 2.26. The number of carbonyl (C=O) groups is 1. The highest BCUT2D eigenvalue weighted by molar-refractivity contribution is 5.83. The third kappa shape index (κ3) is 2.40. The fourth-order valence-corrected chi connectivity index (χ4v) is 3.48. The Hall–Kier alpha value is -2.17. The van der Waals surface area contributed by atoms with E-state index in [1.807, 2.05) is 13.0 Å². The third-order valence-corrected chi connectivity index (χ3v) is 4.35. The summed E-state index contributed by atoms with van der Waals surface area (Å²) in [7, 11) is 0. The van der Waals surface area contributed by atoms with Gasteiger partial charge in [-0.15, -0.1) is 0 Å². The average molecular weight is 299 g/mol. The van der Waals surface area contributed by atoms with E-state index in [2.05, 4.69) is 23.7 Å². The maximum absolute atomic E-state index is 12.6. The van der Waals surface area contributed by atoms with Crippen LogP contribution in [0.3, 0.4) is 0 Å². The van der Waals surface area contributed by atoms with Crippen LogP contribution in [0, 0.1) is 18.8 Å². The quantitative estimate of drug-likeness (QED) is 0.798. The summed E-state index contributed by atoms with van der Waals surface area (Å²) in [4.78, 5) is 30.9. The molecule has 1 fully saturated rings. The standard InChI is InChI=1S/C17H21N3O2/c1-11-7-12(2)9-19(8-11)16-14(10-21)17(22)20-6-4-5-13(3)15(20)18-16/h4-6,10-12H,7-9H2,1-3H3. The third-order valence-electron chi connectivity index (χ3n) is 4.35. The minimum absolute atomic E-state index is 0.157. The zero-order valence-electron chi connectivity index (χ0n) is 13.2. The van der Waals surface area contributed by atoms with Crippen molar-refractivity contribution >= 4 is 17.8 Å². The van der Waals surface area contributed by atoms with E-state index in [0.29, 0.717) is 29.6 Å². The molecular formula is C17H21N3O2. The molecule has 2 aromatic heterocycles. The van der Waals surface area contributed by atoms with E-state index in [0.717, 1.165) is 18.7 Å². The number of hydrogen-bond acceptors (Lipinski definition) is 4. The van der Waals surface area contributed by atoms with Gasteiger partial charge in [-0.3, -0.25) is 14.0 Å². The summed E-state index contributed by atoms with van der Waals surface area (Å²) in [6.45, 7) is 7.98. The molecule has 2 unspecified atom stereocenters. The molecule has 0 saturated carbocycles. The van der Waals surface area contributed by atoms with Crippen molar-refractivity contribution in [2.24, 2.45) is 11.8 Å². The van der Waals surface area contributed by atoms with Crippen LogP contribution in [0.1, 0.15) is 36.2 Å². The first-order valence-electron chi connectivity index (χ1n) is 7.73. The molecule has 1 saturated heterocycles. The summed E-state index contributed by atoms with van der Waals surface area (Å²) in [6, 6.07) is 3.72. The van der Waals surface area contributed by atoms with E-state index >= 15 is 0 Å². The molecule has 0 spiro atoms. The lowest BCUT2D eigenvalue weighted by molar-refractivity contribution is 0.112. The monoisotopic (exact) mass is 299 g/mol. The van der Waals surface area contributed by atoms with Crippen LogP contribution in [0.4, 0.5) is 5.82 Å².